The molecule has 3 N–H and O–H groups in total. The Labute approximate surface area is 193 Å². The first-order chi connectivity index (χ1) is 15.7. The van der Waals surface area contributed by atoms with Crippen LogP contribution in [0.4, 0.5) is 23.5 Å². The van der Waals surface area contributed by atoms with Crippen LogP contribution in [-0.2, 0) is 4.74 Å². The first kappa shape index (κ1) is 22.3. The fourth-order valence-electron chi connectivity index (χ4n) is 3.45. The molecule has 0 unspecified atom stereocenters. The second-order valence-corrected chi connectivity index (χ2v) is 7.97. The van der Waals surface area contributed by atoms with Crippen molar-refractivity contribution in [3.05, 3.63) is 35.5 Å². The van der Waals surface area contributed by atoms with Gasteiger partial charge in [0.1, 0.15) is 0 Å². The van der Waals surface area contributed by atoms with Gasteiger partial charge in [-0.25, -0.2) is 0 Å². The number of halogens is 1. The van der Waals surface area contributed by atoms with Crippen LogP contribution in [0.1, 0.15) is 19.8 Å². The highest BCUT2D eigenvalue weighted by Gasteiger charge is 2.16. The number of anilines is 4. The molecule has 0 radical (unpaired) electrons. The lowest BCUT2D eigenvalue weighted by Crippen LogP contribution is -2.37. The molecule has 0 atom stereocenters. The number of rotatable bonds is 10. The summed E-state index contributed by atoms with van der Waals surface area (Å²) in [6.45, 7) is 7.42. The summed E-state index contributed by atoms with van der Waals surface area (Å²) in [5, 5.41) is 11.8. The van der Waals surface area contributed by atoms with E-state index in [0.717, 1.165) is 62.2 Å². The molecule has 1 aromatic carbocycles. The summed E-state index contributed by atoms with van der Waals surface area (Å²) < 4.78 is 5.45. The summed E-state index contributed by atoms with van der Waals surface area (Å²) in [6.07, 6.45) is 3.69. The van der Waals surface area contributed by atoms with E-state index in [1.807, 2.05) is 24.3 Å². The highest BCUT2D eigenvalue weighted by atomic mass is 35.5. The van der Waals surface area contributed by atoms with Crippen molar-refractivity contribution in [2.45, 2.75) is 19.8 Å². The molecule has 0 aliphatic carbocycles. The van der Waals surface area contributed by atoms with E-state index in [1.165, 1.54) is 0 Å². The molecule has 1 fully saturated rings. The fourth-order valence-corrected chi connectivity index (χ4v) is 3.62. The standard InChI is InChI=1S/C22H29ClN8O/c1-2-7-26-20-28-21(30-22(29-20)31-11-13-32-14-12-31)27-9-3-8-24-18-6-10-25-19-15-16(23)4-5-17(18)19/h4-6,10,15H,2-3,7-9,11-14H2,1H3,(H,24,25)(H2,26,27,28,29,30). The van der Waals surface area contributed by atoms with E-state index in [2.05, 4.69) is 47.7 Å². The van der Waals surface area contributed by atoms with Crippen molar-refractivity contribution in [1.82, 2.24) is 19.9 Å². The van der Waals surface area contributed by atoms with Crippen molar-refractivity contribution in [3.8, 4) is 0 Å². The van der Waals surface area contributed by atoms with Crippen LogP contribution in [0.15, 0.2) is 30.5 Å². The molecule has 170 valence electrons. The Morgan fingerprint density at radius 1 is 0.969 bits per heavy atom. The zero-order valence-corrected chi connectivity index (χ0v) is 19.0. The number of morpholine rings is 1. The van der Waals surface area contributed by atoms with Gasteiger partial charge >= 0.3 is 0 Å². The minimum Gasteiger partial charge on any atom is -0.384 e. The molecule has 0 spiro atoms. The molecule has 2 aromatic heterocycles. The van der Waals surface area contributed by atoms with Crippen LogP contribution in [0.2, 0.25) is 5.02 Å². The van der Waals surface area contributed by atoms with Gasteiger partial charge in [0, 0.05) is 55.0 Å². The number of hydrogen-bond acceptors (Lipinski definition) is 9. The van der Waals surface area contributed by atoms with Gasteiger partial charge in [0.2, 0.25) is 17.8 Å². The largest absolute Gasteiger partial charge is 0.384 e. The number of pyridine rings is 1. The highest BCUT2D eigenvalue weighted by molar-refractivity contribution is 6.31. The van der Waals surface area contributed by atoms with E-state index in [4.69, 9.17) is 16.3 Å². The topological polar surface area (TPSA) is 100 Å². The third-order valence-corrected chi connectivity index (χ3v) is 5.34. The smallest absolute Gasteiger partial charge is 0.232 e. The molecular weight excluding hydrogens is 428 g/mol. The summed E-state index contributed by atoms with van der Waals surface area (Å²) in [7, 11) is 0. The van der Waals surface area contributed by atoms with E-state index < -0.39 is 0 Å². The van der Waals surface area contributed by atoms with Gasteiger partial charge in [-0.2, -0.15) is 15.0 Å². The maximum absolute atomic E-state index is 6.08. The summed E-state index contributed by atoms with van der Waals surface area (Å²) in [5.74, 6) is 1.87. The van der Waals surface area contributed by atoms with E-state index in [1.54, 1.807) is 6.20 Å². The molecule has 1 saturated heterocycles. The van der Waals surface area contributed by atoms with Gasteiger partial charge in [-0.3, -0.25) is 4.98 Å². The summed E-state index contributed by atoms with van der Waals surface area (Å²) >= 11 is 6.08. The van der Waals surface area contributed by atoms with Crippen molar-refractivity contribution in [2.24, 2.45) is 0 Å². The molecule has 4 rings (SSSR count). The number of aromatic nitrogens is 4. The van der Waals surface area contributed by atoms with Crippen LogP contribution in [0.25, 0.3) is 10.9 Å². The van der Waals surface area contributed by atoms with Crippen molar-refractivity contribution in [2.75, 3.05) is 66.8 Å². The lowest BCUT2D eigenvalue weighted by atomic mass is 10.2. The zero-order valence-electron chi connectivity index (χ0n) is 18.3. The van der Waals surface area contributed by atoms with Gasteiger partial charge in [-0.1, -0.05) is 18.5 Å². The fraction of sp³-hybridized carbons (Fsp3) is 0.455. The predicted molar refractivity (Wildman–Crippen MR) is 130 cm³/mol. The number of fused-ring (bicyclic) bond motifs is 1. The Bertz CT molecular complexity index is 1030. The molecule has 32 heavy (non-hydrogen) atoms. The lowest BCUT2D eigenvalue weighted by molar-refractivity contribution is 0.122. The number of hydrogen-bond donors (Lipinski definition) is 3. The van der Waals surface area contributed by atoms with E-state index in [-0.39, 0.29) is 0 Å². The number of nitrogens with zero attached hydrogens (tertiary/aromatic N) is 5. The third kappa shape index (κ3) is 5.86. The Morgan fingerprint density at radius 2 is 1.72 bits per heavy atom. The quantitative estimate of drug-likeness (QED) is 0.394. The average Bonchev–Trinajstić information content (AvgIpc) is 2.83. The van der Waals surface area contributed by atoms with Crippen LogP contribution in [0, 0.1) is 0 Å². The highest BCUT2D eigenvalue weighted by Crippen LogP contribution is 2.24. The molecule has 0 saturated carbocycles. The number of ether oxygens (including phenoxy) is 1. The summed E-state index contributed by atoms with van der Waals surface area (Å²) in [6, 6.07) is 7.74. The van der Waals surface area contributed by atoms with Gasteiger partial charge in [0.15, 0.2) is 0 Å². The normalized spacial score (nSPS) is 13.9. The van der Waals surface area contributed by atoms with Gasteiger partial charge in [0.05, 0.1) is 18.7 Å². The van der Waals surface area contributed by atoms with Crippen molar-refractivity contribution in [3.63, 3.8) is 0 Å². The van der Waals surface area contributed by atoms with E-state index in [0.29, 0.717) is 36.1 Å². The Balaban J connectivity index is 1.34. The molecule has 3 aromatic rings. The predicted octanol–water partition coefficient (Wildman–Crippen LogP) is 3.65. The van der Waals surface area contributed by atoms with Gasteiger partial charge in [-0.15, -0.1) is 0 Å². The molecule has 3 heterocycles. The number of benzene rings is 1. The molecule has 9 nitrogen and oxygen atoms in total. The van der Waals surface area contributed by atoms with Crippen molar-refractivity contribution < 1.29 is 4.74 Å². The zero-order chi connectivity index (χ0) is 22.2. The second-order valence-electron chi connectivity index (χ2n) is 7.54. The number of nitrogens with one attached hydrogen (secondary N) is 3. The molecular formula is C22H29ClN8O. The molecule has 10 heteroatoms. The Morgan fingerprint density at radius 3 is 2.50 bits per heavy atom. The minimum absolute atomic E-state index is 0.587. The third-order valence-electron chi connectivity index (χ3n) is 5.11. The van der Waals surface area contributed by atoms with Gasteiger partial charge in [-0.05, 0) is 37.1 Å². The first-order valence-electron chi connectivity index (χ1n) is 11.1. The van der Waals surface area contributed by atoms with Crippen molar-refractivity contribution in [1.29, 1.82) is 0 Å². The summed E-state index contributed by atoms with van der Waals surface area (Å²) in [5.41, 5.74) is 1.93. The van der Waals surface area contributed by atoms with Crippen LogP contribution < -0.4 is 20.9 Å². The van der Waals surface area contributed by atoms with Crippen LogP contribution >= 0.6 is 11.6 Å². The van der Waals surface area contributed by atoms with Crippen LogP contribution in [0.5, 0.6) is 0 Å². The monoisotopic (exact) mass is 456 g/mol. The van der Waals surface area contributed by atoms with Crippen molar-refractivity contribution >= 4 is 46.0 Å². The minimum atomic E-state index is 0.587. The SMILES string of the molecule is CCCNc1nc(NCCCNc2ccnc3cc(Cl)ccc23)nc(N2CCOCC2)n1. The average molecular weight is 457 g/mol. The maximum Gasteiger partial charge on any atom is 0.232 e. The van der Waals surface area contributed by atoms with E-state index >= 15 is 0 Å². The second kappa shape index (κ2) is 11.1. The molecule has 0 bridgehead atoms. The molecule has 0 amide bonds. The lowest BCUT2D eigenvalue weighted by Gasteiger charge is -2.27. The summed E-state index contributed by atoms with van der Waals surface area (Å²) in [4.78, 5) is 20.3. The first-order valence-corrected chi connectivity index (χ1v) is 11.5. The Hall–Kier alpha value is -2.91. The van der Waals surface area contributed by atoms with Gasteiger partial charge < -0.3 is 25.6 Å². The van der Waals surface area contributed by atoms with Crippen LogP contribution in [-0.4, -0.2) is 65.9 Å². The Kier molecular flexibility index (Phi) is 7.73. The maximum atomic E-state index is 6.08. The van der Waals surface area contributed by atoms with Gasteiger partial charge in [0.25, 0.3) is 0 Å². The van der Waals surface area contributed by atoms with E-state index in [9.17, 15) is 0 Å². The molecule has 1 aliphatic rings. The molecule has 1 aliphatic heterocycles. The van der Waals surface area contributed by atoms with Crippen LogP contribution in [0.3, 0.4) is 0 Å².